The first-order chi connectivity index (χ1) is 8.59. The van der Waals surface area contributed by atoms with Crippen LogP contribution in [0.15, 0.2) is 30.3 Å². The van der Waals surface area contributed by atoms with Crippen LogP contribution in [0.3, 0.4) is 0 Å². The van der Waals surface area contributed by atoms with Gasteiger partial charge in [-0.25, -0.2) is 0 Å². The molecule has 2 atom stereocenters. The predicted octanol–water partition coefficient (Wildman–Crippen LogP) is 2.20. The third-order valence-electron chi connectivity index (χ3n) is 3.49. The SMILES string of the molecule is CC(NC(c1ccccc1)C1CC1)C(=O)N(C)C. The van der Waals surface area contributed by atoms with E-state index in [-0.39, 0.29) is 11.9 Å². The lowest BCUT2D eigenvalue weighted by atomic mass is 10.0. The number of rotatable bonds is 5. The number of nitrogens with zero attached hydrogens (tertiary/aromatic N) is 1. The van der Waals surface area contributed by atoms with E-state index in [0.717, 1.165) is 0 Å². The van der Waals surface area contributed by atoms with Crippen molar-refractivity contribution in [1.82, 2.24) is 10.2 Å². The van der Waals surface area contributed by atoms with Gasteiger partial charge in [0.1, 0.15) is 0 Å². The van der Waals surface area contributed by atoms with Gasteiger partial charge in [0, 0.05) is 20.1 Å². The van der Waals surface area contributed by atoms with Gasteiger partial charge >= 0.3 is 0 Å². The van der Waals surface area contributed by atoms with Crippen molar-refractivity contribution < 1.29 is 4.79 Å². The van der Waals surface area contributed by atoms with Crippen LogP contribution in [-0.2, 0) is 4.79 Å². The second-order valence-corrected chi connectivity index (χ2v) is 5.35. The number of amides is 1. The molecular weight excluding hydrogens is 224 g/mol. The van der Waals surface area contributed by atoms with E-state index in [1.807, 2.05) is 13.0 Å². The summed E-state index contributed by atoms with van der Waals surface area (Å²) in [6.45, 7) is 1.95. The van der Waals surface area contributed by atoms with Gasteiger partial charge in [0.15, 0.2) is 0 Å². The Labute approximate surface area is 109 Å². The molecule has 0 bridgehead atoms. The van der Waals surface area contributed by atoms with Crippen LogP contribution in [0.5, 0.6) is 0 Å². The van der Waals surface area contributed by atoms with Gasteiger partial charge in [-0.3, -0.25) is 10.1 Å². The Bertz CT molecular complexity index is 398. The minimum absolute atomic E-state index is 0.134. The molecule has 0 aliphatic heterocycles. The van der Waals surface area contributed by atoms with Crippen molar-refractivity contribution in [2.75, 3.05) is 14.1 Å². The average Bonchev–Trinajstić information content (AvgIpc) is 3.20. The molecule has 1 aliphatic carbocycles. The maximum absolute atomic E-state index is 11.9. The van der Waals surface area contributed by atoms with Crippen LogP contribution < -0.4 is 5.32 Å². The Morgan fingerprint density at radius 3 is 2.39 bits per heavy atom. The van der Waals surface area contributed by atoms with E-state index < -0.39 is 0 Å². The summed E-state index contributed by atoms with van der Waals surface area (Å²) < 4.78 is 0. The topological polar surface area (TPSA) is 32.3 Å². The van der Waals surface area contributed by atoms with Crippen molar-refractivity contribution in [3.05, 3.63) is 35.9 Å². The van der Waals surface area contributed by atoms with Gasteiger partial charge in [-0.15, -0.1) is 0 Å². The van der Waals surface area contributed by atoms with Crippen molar-refractivity contribution in [2.24, 2.45) is 5.92 Å². The zero-order chi connectivity index (χ0) is 13.1. The Kier molecular flexibility index (Phi) is 4.02. The third kappa shape index (κ3) is 3.10. The summed E-state index contributed by atoms with van der Waals surface area (Å²) in [6.07, 6.45) is 2.52. The smallest absolute Gasteiger partial charge is 0.238 e. The molecule has 0 aromatic heterocycles. The molecule has 2 unspecified atom stereocenters. The lowest BCUT2D eigenvalue weighted by Gasteiger charge is -2.25. The van der Waals surface area contributed by atoms with E-state index in [2.05, 4.69) is 29.6 Å². The number of hydrogen-bond acceptors (Lipinski definition) is 2. The Morgan fingerprint density at radius 1 is 1.28 bits per heavy atom. The van der Waals surface area contributed by atoms with E-state index >= 15 is 0 Å². The maximum Gasteiger partial charge on any atom is 0.238 e. The predicted molar refractivity (Wildman–Crippen MR) is 73.2 cm³/mol. The molecule has 3 nitrogen and oxygen atoms in total. The molecule has 1 aromatic rings. The molecule has 3 heteroatoms. The standard InChI is InChI=1S/C15H22N2O/c1-11(15(18)17(2)3)16-14(13-9-10-13)12-7-5-4-6-8-12/h4-8,11,13-14,16H,9-10H2,1-3H3. The summed E-state index contributed by atoms with van der Waals surface area (Å²) in [5, 5.41) is 3.49. The molecule has 98 valence electrons. The average molecular weight is 246 g/mol. The minimum atomic E-state index is -0.134. The molecule has 1 aliphatic rings. The number of carbonyl (C=O) groups is 1. The molecule has 0 heterocycles. The third-order valence-corrected chi connectivity index (χ3v) is 3.49. The fraction of sp³-hybridized carbons (Fsp3) is 0.533. The number of carbonyl (C=O) groups excluding carboxylic acids is 1. The van der Waals surface area contributed by atoms with Crippen LogP contribution in [0.4, 0.5) is 0 Å². The normalized spacial score (nSPS) is 18.2. The van der Waals surface area contributed by atoms with Gasteiger partial charge in [0.25, 0.3) is 0 Å². The molecule has 1 aromatic carbocycles. The summed E-state index contributed by atoms with van der Waals surface area (Å²) in [4.78, 5) is 13.6. The molecular formula is C15H22N2O. The van der Waals surface area contributed by atoms with Gasteiger partial charge in [0.05, 0.1) is 6.04 Å². The molecule has 0 spiro atoms. The highest BCUT2D eigenvalue weighted by molar-refractivity contribution is 5.81. The van der Waals surface area contributed by atoms with Gasteiger partial charge < -0.3 is 4.90 Å². The van der Waals surface area contributed by atoms with Crippen LogP contribution >= 0.6 is 0 Å². The second kappa shape index (κ2) is 5.53. The summed E-state index contributed by atoms with van der Waals surface area (Å²) in [5.41, 5.74) is 1.29. The number of likely N-dealkylation sites (N-methyl/N-ethyl adjacent to an activating group) is 1. The number of nitrogens with one attached hydrogen (secondary N) is 1. The lowest BCUT2D eigenvalue weighted by molar-refractivity contribution is -0.130. The van der Waals surface area contributed by atoms with E-state index in [9.17, 15) is 4.79 Å². The maximum atomic E-state index is 11.9. The lowest BCUT2D eigenvalue weighted by Crippen LogP contribution is -2.43. The van der Waals surface area contributed by atoms with E-state index in [1.165, 1.54) is 18.4 Å². The molecule has 2 rings (SSSR count). The van der Waals surface area contributed by atoms with Gasteiger partial charge in [-0.2, -0.15) is 0 Å². The first kappa shape index (κ1) is 13.1. The van der Waals surface area contributed by atoms with Crippen LogP contribution in [-0.4, -0.2) is 30.9 Å². The van der Waals surface area contributed by atoms with E-state index in [0.29, 0.717) is 12.0 Å². The summed E-state index contributed by atoms with van der Waals surface area (Å²) in [5.74, 6) is 0.821. The zero-order valence-electron chi connectivity index (χ0n) is 11.4. The second-order valence-electron chi connectivity index (χ2n) is 5.35. The highest BCUT2D eigenvalue weighted by Crippen LogP contribution is 2.41. The van der Waals surface area contributed by atoms with Crippen LogP contribution in [0, 0.1) is 5.92 Å². The molecule has 1 N–H and O–H groups in total. The zero-order valence-corrected chi connectivity index (χ0v) is 11.4. The van der Waals surface area contributed by atoms with E-state index in [1.54, 1.807) is 19.0 Å². The molecule has 0 radical (unpaired) electrons. The number of hydrogen-bond donors (Lipinski definition) is 1. The van der Waals surface area contributed by atoms with Gasteiger partial charge in [-0.05, 0) is 31.2 Å². The molecule has 1 amide bonds. The largest absolute Gasteiger partial charge is 0.347 e. The van der Waals surface area contributed by atoms with Crippen LogP contribution in [0.25, 0.3) is 0 Å². The first-order valence-electron chi connectivity index (χ1n) is 6.61. The van der Waals surface area contributed by atoms with Gasteiger partial charge in [-0.1, -0.05) is 30.3 Å². The Hall–Kier alpha value is -1.35. The quantitative estimate of drug-likeness (QED) is 0.864. The Morgan fingerprint density at radius 2 is 1.89 bits per heavy atom. The van der Waals surface area contributed by atoms with E-state index in [4.69, 9.17) is 0 Å². The van der Waals surface area contributed by atoms with Gasteiger partial charge in [0.2, 0.25) is 5.91 Å². The van der Waals surface area contributed by atoms with Crippen molar-refractivity contribution in [3.63, 3.8) is 0 Å². The van der Waals surface area contributed by atoms with Crippen molar-refractivity contribution in [1.29, 1.82) is 0 Å². The molecule has 18 heavy (non-hydrogen) atoms. The van der Waals surface area contributed by atoms with Crippen molar-refractivity contribution >= 4 is 5.91 Å². The van der Waals surface area contributed by atoms with Crippen LogP contribution in [0.1, 0.15) is 31.4 Å². The molecule has 1 saturated carbocycles. The summed E-state index contributed by atoms with van der Waals surface area (Å²) >= 11 is 0. The highest BCUT2D eigenvalue weighted by atomic mass is 16.2. The molecule has 1 fully saturated rings. The highest BCUT2D eigenvalue weighted by Gasteiger charge is 2.34. The first-order valence-corrected chi connectivity index (χ1v) is 6.61. The fourth-order valence-electron chi connectivity index (χ4n) is 2.32. The summed E-state index contributed by atoms with van der Waals surface area (Å²) in [6, 6.07) is 10.6. The van der Waals surface area contributed by atoms with Crippen molar-refractivity contribution in [2.45, 2.75) is 31.8 Å². The monoisotopic (exact) mass is 246 g/mol. The fourth-order valence-corrected chi connectivity index (χ4v) is 2.32. The summed E-state index contributed by atoms with van der Waals surface area (Å²) in [7, 11) is 3.60. The van der Waals surface area contributed by atoms with Crippen molar-refractivity contribution in [3.8, 4) is 0 Å². The molecule has 0 saturated heterocycles. The number of benzene rings is 1. The van der Waals surface area contributed by atoms with Crippen LogP contribution in [0.2, 0.25) is 0 Å². The minimum Gasteiger partial charge on any atom is -0.347 e. The Balaban J connectivity index is 2.06.